The van der Waals surface area contributed by atoms with E-state index in [4.69, 9.17) is 0 Å². The molecule has 1 aliphatic heterocycles. The fourth-order valence-electron chi connectivity index (χ4n) is 2.59. The molecule has 122 valence electrons. The molecule has 1 saturated heterocycles. The molecule has 1 aromatic heterocycles. The lowest BCUT2D eigenvalue weighted by Gasteiger charge is -2.42. The maximum atomic E-state index is 12.5. The summed E-state index contributed by atoms with van der Waals surface area (Å²) < 4.78 is 0. The average molecular weight is 306 g/mol. The monoisotopic (exact) mass is 306 g/mol. The number of nitrogens with zero attached hydrogens (tertiary/aromatic N) is 5. The van der Waals surface area contributed by atoms with Crippen LogP contribution in [0, 0.1) is 5.92 Å². The topological polar surface area (TPSA) is 64.6 Å². The van der Waals surface area contributed by atoms with E-state index >= 15 is 0 Å². The Labute approximate surface area is 132 Å². The van der Waals surface area contributed by atoms with Gasteiger partial charge in [-0.25, -0.2) is 14.8 Å². The van der Waals surface area contributed by atoms with Gasteiger partial charge in [-0.2, -0.15) is 0 Å². The molecule has 0 aromatic carbocycles. The minimum absolute atomic E-state index is 0.0759. The van der Waals surface area contributed by atoms with Crippen LogP contribution in [-0.4, -0.2) is 72.6 Å². The molecule has 0 radical (unpaired) electrons. The van der Waals surface area contributed by atoms with Crippen LogP contribution in [0.2, 0.25) is 0 Å². The highest BCUT2D eigenvalue weighted by molar-refractivity contribution is 5.89. The van der Waals surface area contributed by atoms with Gasteiger partial charge in [-0.3, -0.25) is 0 Å². The molecule has 7 nitrogen and oxygen atoms in total. The number of rotatable bonds is 3. The van der Waals surface area contributed by atoms with E-state index in [1.54, 1.807) is 12.4 Å². The van der Waals surface area contributed by atoms with E-state index in [0.29, 0.717) is 17.6 Å². The van der Waals surface area contributed by atoms with Gasteiger partial charge in [-0.05, 0) is 13.0 Å². The lowest BCUT2D eigenvalue weighted by atomic mass is 10.0. The number of hydrogen-bond donors (Lipinski definition) is 1. The molecule has 0 spiro atoms. The van der Waals surface area contributed by atoms with Gasteiger partial charge in [0.2, 0.25) is 5.95 Å². The number of urea groups is 1. The van der Waals surface area contributed by atoms with Crippen LogP contribution in [0.4, 0.5) is 16.4 Å². The Hall–Kier alpha value is -1.89. The second-order valence-corrected chi connectivity index (χ2v) is 6.36. The zero-order chi connectivity index (χ0) is 16.3. The number of carbonyl (C=O) groups is 1. The summed E-state index contributed by atoms with van der Waals surface area (Å²) in [6.07, 6.45) is 3.28. The highest BCUT2D eigenvalue weighted by atomic mass is 16.2. The fraction of sp³-hybridized carbons (Fsp3) is 0.667. The summed E-state index contributed by atoms with van der Waals surface area (Å²) in [4.78, 5) is 27.0. The standard InChI is InChI=1S/C15H26N6O/c1-11(2)13-10-20(5)6-7-21(13)15(22)18-12-8-16-14(17-9-12)19(3)4/h8-9,11,13H,6-7,10H2,1-5H3,(H,18,22)/t13-/m1/s1. The Kier molecular flexibility index (Phi) is 5.18. The van der Waals surface area contributed by atoms with Crippen LogP contribution in [0.3, 0.4) is 0 Å². The van der Waals surface area contributed by atoms with E-state index in [1.807, 2.05) is 23.9 Å². The average Bonchev–Trinajstić information content (AvgIpc) is 2.47. The number of anilines is 2. The molecule has 1 atom stereocenters. The predicted molar refractivity (Wildman–Crippen MR) is 88.2 cm³/mol. The van der Waals surface area contributed by atoms with Gasteiger partial charge in [0, 0.05) is 39.8 Å². The van der Waals surface area contributed by atoms with Crippen molar-refractivity contribution >= 4 is 17.7 Å². The van der Waals surface area contributed by atoms with Crippen molar-refractivity contribution in [3.05, 3.63) is 12.4 Å². The van der Waals surface area contributed by atoms with Crippen molar-refractivity contribution in [1.29, 1.82) is 0 Å². The van der Waals surface area contributed by atoms with E-state index in [9.17, 15) is 4.79 Å². The van der Waals surface area contributed by atoms with E-state index in [1.165, 1.54) is 0 Å². The van der Waals surface area contributed by atoms with Crippen molar-refractivity contribution in [3.8, 4) is 0 Å². The van der Waals surface area contributed by atoms with Crippen LogP contribution in [0.15, 0.2) is 12.4 Å². The van der Waals surface area contributed by atoms with E-state index < -0.39 is 0 Å². The van der Waals surface area contributed by atoms with E-state index in [-0.39, 0.29) is 12.1 Å². The van der Waals surface area contributed by atoms with Crippen LogP contribution in [0.25, 0.3) is 0 Å². The zero-order valence-electron chi connectivity index (χ0n) is 14.1. The van der Waals surface area contributed by atoms with Gasteiger partial charge >= 0.3 is 6.03 Å². The third-order valence-corrected chi connectivity index (χ3v) is 3.94. The predicted octanol–water partition coefficient (Wildman–Crippen LogP) is 1.35. The number of hydrogen-bond acceptors (Lipinski definition) is 5. The van der Waals surface area contributed by atoms with Gasteiger partial charge in [-0.15, -0.1) is 0 Å². The molecule has 2 amide bonds. The first-order valence-electron chi connectivity index (χ1n) is 7.64. The summed E-state index contributed by atoms with van der Waals surface area (Å²) in [6, 6.07) is 0.147. The minimum atomic E-state index is -0.0759. The van der Waals surface area contributed by atoms with Gasteiger partial charge in [0.05, 0.1) is 18.1 Å². The highest BCUT2D eigenvalue weighted by Gasteiger charge is 2.31. The third kappa shape index (κ3) is 3.85. The summed E-state index contributed by atoms with van der Waals surface area (Å²) in [7, 11) is 5.86. The molecule has 0 saturated carbocycles. The minimum Gasteiger partial charge on any atom is -0.347 e. The second kappa shape index (κ2) is 6.91. The number of amides is 2. The lowest BCUT2D eigenvalue weighted by Crippen LogP contribution is -2.57. The maximum Gasteiger partial charge on any atom is 0.322 e. The largest absolute Gasteiger partial charge is 0.347 e. The Morgan fingerprint density at radius 2 is 1.95 bits per heavy atom. The summed E-state index contributed by atoms with van der Waals surface area (Å²) in [5, 5.41) is 2.90. The Balaban J connectivity index is 2.04. The number of likely N-dealkylation sites (N-methyl/N-ethyl adjacent to an activating group) is 1. The van der Waals surface area contributed by atoms with Crippen LogP contribution >= 0.6 is 0 Å². The van der Waals surface area contributed by atoms with Crippen molar-refractivity contribution in [1.82, 2.24) is 19.8 Å². The number of carbonyl (C=O) groups excluding carboxylic acids is 1. The maximum absolute atomic E-state index is 12.5. The summed E-state index contributed by atoms with van der Waals surface area (Å²) >= 11 is 0. The Morgan fingerprint density at radius 1 is 1.32 bits per heavy atom. The van der Waals surface area contributed by atoms with E-state index in [0.717, 1.165) is 19.6 Å². The van der Waals surface area contributed by atoms with Crippen molar-refractivity contribution in [3.63, 3.8) is 0 Å². The van der Waals surface area contributed by atoms with Crippen molar-refractivity contribution in [2.24, 2.45) is 5.92 Å². The Bertz CT molecular complexity index is 501. The van der Waals surface area contributed by atoms with Gasteiger partial charge < -0.3 is 20.0 Å². The summed E-state index contributed by atoms with van der Waals surface area (Å²) in [5.74, 6) is 1.04. The molecule has 22 heavy (non-hydrogen) atoms. The van der Waals surface area contributed by atoms with Gasteiger partial charge in [0.15, 0.2) is 0 Å². The molecular weight excluding hydrogens is 280 g/mol. The van der Waals surface area contributed by atoms with Crippen LogP contribution in [-0.2, 0) is 0 Å². The molecule has 0 unspecified atom stereocenters. The number of aromatic nitrogens is 2. The second-order valence-electron chi connectivity index (χ2n) is 6.36. The summed E-state index contributed by atoms with van der Waals surface area (Å²) in [5.41, 5.74) is 0.622. The van der Waals surface area contributed by atoms with Gasteiger partial charge in [-0.1, -0.05) is 13.8 Å². The van der Waals surface area contributed by atoms with Crippen molar-refractivity contribution in [2.75, 3.05) is 51.0 Å². The summed E-state index contributed by atoms with van der Waals surface area (Å²) in [6.45, 7) is 6.84. The fourth-order valence-corrected chi connectivity index (χ4v) is 2.59. The highest BCUT2D eigenvalue weighted by Crippen LogP contribution is 2.18. The van der Waals surface area contributed by atoms with Crippen LogP contribution in [0.1, 0.15) is 13.8 Å². The molecule has 7 heteroatoms. The van der Waals surface area contributed by atoms with Crippen LogP contribution in [0.5, 0.6) is 0 Å². The first-order valence-corrected chi connectivity index (χ1v) is 7.64. The lowest BCUT2D eigenvalue weighted by molar-refractivity contribution is 0.0922. The number of piperazine rings is 1. The normalized spacial score (nSPS) is 19.4. The molecule has 2 heterocycles. The molecule has 1 N–H and O–H groups in total. The van der Waals surface area contributed by atoms with E-state index in [2.05, 4.69) is 41.1 Å². The smallest absolute Gasteiger partial charge is 0.322 e. The van der Waals surface area contributed by atoms with Gasteiger partial charge in [0.25, 0.3) is 0 Å². The van der Waals surface area contributed by atoms with Crippen molar-refractivity contribution in [2.45, 2.75) is 19.9 Å². The molecule has 1 aliphatic rings. The molecule has 0 bridgehead atoms. The molecule has 2 rings (SSSR count). The first-order chi connectivity index (χ1) is 10.4. The molecule has 1 aromatic rings. The quantitative estimate of drug-likeness (QED) is 0.913. The SMILES string of the molecule is CC(C)[C@H]1CN(C)CCN1C(=O)Nc1cnc(N(C)C)nc1. The van der Waals surface area contributed by atoms with Gasteiger partial charge in [0.1, 0.15) is 0 Å². The van der Waals surface area contributed by atoms with Crippen LogP contribution < -0.4 is 10.2 Å². The molecular formula is C15H26N6O. The number of nitrogens with one attached hydrogen (secondary N) is 1. The third-order valence-electron chi connectivity index (χ3n) is 3.94. The van der Waals surface area contributed by atoms with Crippen molar-refractivity contribution < 1.29 is 4.79 Å². The molecule has 1 fully saturated rings. The zero-order valence-corrected chi connectivity index (χ0v) is 14.1. The first kappa shape index (κ1) is 16.5. The Morgan fingerprint density at radius 3 is 2.50 bits per heavy atom. The molecule has 0 aliphatic carbocycles.